The van der Waals surface area contributed by atoms with E-state index in [2.05, 4.69) is 106 Å². The third-order valence-electron chi connectivity index (χ3n) is 12.9. The SMILES string of the molecule is [C-]#[N+]c1ccccc1-c1ccc2c(c1)c1cc(-c3ccccc3C#N)ccc1n2-c1ccc(-c2cc(-c3ccccc3)nc(-c3ccccc3)n2)cc1-c1cc(-c2ccccc2)nc(-c2ccccc2)n1. The Kier molecular flexibility index (Phi) is 10.8. The smallest absolute Gasteiger partial charge is 0.194 e. The van der Waals surface area contributed by atoms with E-state index < -0.39 is 0 Å². The maximum atomic E-state index is 10.2. The quantitative estimate of drug-likeness (QED) is 0.135. The lowest BCUT2D eigenvalue weighted by molar-refractivity contribution is 1.15. The molecular weight excluding hydrogens is 867 g/mol. The lowest BCUT2D eigenvalue weighted by Gasteiger charge is -2.17. The predicted octanol–water partition coefficient (Wildman–Crippen LogP) is 16.1. The molecule has 0 radical (unpaired) electrons. The van der Waals surface area contributed by atoms with Crippen molar-refractivity contribution < 1.29 is 0 Å². The highest BCUT2D eigenvalue weighted by Gasteiger charge is 2.22. The summed E-state index contributed by atoms with van der Waals surface area (Å²) in [4.78, 5) is 24.9. The normalized spacial score (nSPS) is 11.1. The first-order valence-corrected chi connectivity index (χ1v) is 23.3. The van der Waals surface area contributed by atoms with Gasteiger partial charge in [-0.3, -0.25) is 0 Å². The van der Waals surface area contributed by atoms with E-state index in [4.69, 9.17) is 26.5 Å². The highest BCUT2D eigenvalue weighted by atomic mass is 15.0. The Morgan fingerprint density at radius 1 is 0.366 bits per heavy atom. The zero-order valence-corrected chi connectivity index (χ0v) is 38.1. The van der Waals surface area contributed by atoms with Gasteiger partial charge in [-0.15, -0.1) is 0 Å². The third-order valence-corrected chi connectivity index (χ3v) is 12.9. The number of fused-ring (bicyclic) bond motifs is 3. The minimum atomic E-state index is 0.583. The Morgan fingerprint density at radius 3 is 1.35 bits per heavy atom. The monoisotopic (exact) mass is 905 g/mol. The van der Waals surface area contributed by atoms with E-state index in [0.717, 1.165) is 106 Å². The molecule has 330 valence electrons. The van der Waals surface area contributed by atoms with Crippen molar-refractivity contribution in [3.8, 4) is 102 Å². The summed E-state index contributed by atoms with van der Waals surface area (Å²) in [5.41, 5.74) is 16.2. The molecule has 7 heteroatoms. The van der Waals surface area contributed by atoms with Crippen molar-refractivity contribution in [2.45, 2.75) is 0 Å². The number of benzene rings is 9. The molecular formula is C64H39N7. The molecule has 0 saturated heterocycles. The summed E-state index contributed by atoms with van der Waals surface area (Å²) < 4.78 is 2.31. The van der Waals surface area contributed by atoms with Crippen LogP contribution in [0.2, 0.25) is 0 Å². The highest BCUT2D eigenvalue weighted by molar-refractivity contribution is 6.12. The second-order valence-corrected chi connectivity index (χ2v) is 17.2. The van der Waals surface area contributed by atoms with Crippen molar-refractivity contribution in [1.29, 1.82) is 5.26 Å². The van der Waals surface area contributed by atoms with Gasteiger partial charge in [0.25, 0.3) is 0 Å². The number of nitriles is 1. The van der Waals surface area contributed by atoms with Crippen LogP contribution in [0.4, 0.5) is 5.69 Å². The summed E-state index contributed by atoms with van der Waals surface area (Å²) in [7, 11) is 0. The summed E-state index contributed by atoms with van der Waals surface area (Å²) in [6.07, 6.45) is 0. The number of nitrogens with zero attached hydrogens (tertiary/aromatic N) is 7. The average molecular weight is 906 g/mol. The van der Waals surface area contributed by atoms with E-state index in [1.807, 2.05) is 146 Å². The number of rotatable bonds is 9. The molecule has 0 atom stereocenters. The standard InChI is InChI=1S/C64H39N7/c1-66-55-29-17-16-28-51(55)47-31-34-61-53(37-47)52-36-46(50-27-15-14-26-49(50)41-65)30-33-60(52)71(61)62-35-32-48(58-39-56(42-18-6-2-7-19-42)67-63(69-58)44-22-10-4-11-23-44)38-54(62)59-40-57(43-20-8-3-9-21-43)68-64(70-59)45-24-12-5-13-25-45/h2-40H. The molecule has 0 aliphatic heterocycles. The van der Waals surface area contributed by atoms with E-state index in [0.29, 0.717) is 22.9 Å². The minimum Gasteiger partial charge on any atom is -0.309 e. The number of aromatic nitrogens is 5. The fourth-order valence-corrected chi connectivity index (χ4v) is 9.49. The van der Waals surface area contributed by atoms with Gasteiger partial charge in [0, 0.05) is 44.2 Å². The zero-order chi connectivity index (χ0) is 47.7. The Hall–Kier alpha value is -10.1. The first-order valence-electron chi connectivity index (χ1n) is 23.3. The third kappa shape index (κ3) is 7.96. The summed E-state index contributed by atoms with van der Waals surface area (Å²) in [6.45, 7) is 8.02. The topological polar surface area (TPSA) is 84.6 Å². The minimum absolute atomic E-state index is 0.583. The molecule has 0 amide bonds. The van der Waals surface area contributed by atoms with Crippen molar-refractivity contribution in [3.05, 3.63) is 254 Å². The van der Waals surface area contributed by atoms with Gasteiger partial charge in [0.1, 0.15) is 0 Å². The molecule has 7 nitrogen and oxygen atoms in total. The molecule has 9 aromatic carbocycles. The van der Waals surface area contributed by atoms with Gasteiger partial charge in [0.15, 0.2) is 17.3 Å². The predicted molar refractivity (Wildman–Crippen MR) is 286 cm³/mol. The average Bonchev–Trinajstić information content (AvgIpc) is 3.78. The second kappa shape index (κ2) is 18.2. The van der Waals surface area contributed by atoms with E-state index >= 15 is 0 Å². The Balaban J connectivity index is 1.16. The highest BCUT2D eigenvalue weighted by Crippen LogP contribution is 2.43. The van der Waals surface area contributed by atoms with Gasteiger partial charge in [0.2, 0.25) is 0 Å². The van der Waals surface area contributed by atoms with Crippen molar-refractivity contribution in [2.24, 2.45) is 0 Å². The maximum absolute atomic E-state index is 10.2. The summed E-state index contributed by atoms with van der Waals surface area (Å²) in [6, 6.07) is 82.0. The van der Waals surface area contributed by atoms with Crippen LogP contribution in [0.25, 0.3) is 122 Å². The van der Waals surface area contributed by atoms with E-state index in [9.17, 15) is 5.26 Å². The second-order valence-electron chi connectivity index (χ2n) is 17.2. The first-order chi connectivity index (χ1) is 35.1. The van der Waals surface area contributed by atoms with Crippen LogP contribution in [0.1, 0.15) is 5.56 Å². The molecule has 0 aliphatic carbocycles. The molecule has 0 unspecified atom stereocenters. The van der Waals surface area contributed by atoms with Crippen LogP contribution >= 0.6 is 0 Å². The fourth-order valence-electron chi connectivity index (χ4n) is 9.49. The van der Waals surface area contributed by atoms with Crippen LogP contribution in [0, 0.1) is 17.9 Å². The molecule has 71 heavy (non-hydrogen) atoms. The summed E-state index contributed by atoms with van der Waals surface area (Å²) >= 11 is 0. The van der Waals surface area contributed by atoms with Gasteiger partial charge in [-0.05, 0) is 76.9 Å². The molecule has 3 heterocycles. The fraction of sp³-hybridized carbons (Fsp3) is 0. The van der Waals surface area contributed by atoms with Crippen LogP contribution < -0.4 is 0 Å². The Bertz CT molecular complexity index is 3830. The largest absolute Gasteiger partial charge is 0.309 e. The molecule has 12 rings (SSSR count). The molecule has 0 saturated carbocycles. The number of hydrogen-bond donors (Lipinski definition) is 0. The Labute approximate surface area is 410 Å². The molecule has 0 aliphatic rings. The van der Waals surface area contributed by atoms with Crippen LogP contribution in [0.5, 0.6) is 0 Å². The van der Waals surface area contributed by atoms with Gasteiger partial charge in [-0.1, -0.05) is 182 Å². The maximum Gasteiger partial charge on any atom is 0.194 e. The van der Waals surface area contributed by atoms with Crippen LogP contribution in [-0.4, -0.2) is 24.5 Å². The van der Waals surface area contributed by atoms with Gasteiger partial charge in [0.05, 0.1) is 57.7 Å². The molecule has 0 fully saturated rings. The Morgan fingerprint density at radius 2 is 0.803 bits per heavy atom. The summed E-state index contributed by atoms with van der Waals surface area (Å²) in [5, 5.41) is 12.2. The van der Waals surface area contributed by atoms with Crippen molar-refractivity contribution in [3.63, 3.8) is 0 Å². The summed E-state index contributed by atoms with van der Waals surface area (Å²) in [5.74, 6) is 1.23. The van der Waals surface area contributed by atoms with E-state index in [1.165, 1.54) is 0 Å². The van der Waals surface area contributed by atoms with Crippen LogP contribution in [-0.2, 0) is 0 Å². The van der Waals surface area contributed by atoms with Gasteiger partial charge in [-0.2, -0.15) is 5.26 Å². The lowest BCUT2D eigenvalue weighted by atomic mass is 9.97. The number of hydrogen-bond acceptors (Lipinski definition) is 5. The van der Waals surface area contributed by atoms with Gasteiger partial charge < -0.3 is 4.57 Å². The lowest BCUT2D eigenvalue weighted by Crippen LogP contribution is -2.02. The van der Waals surface area contributed by atoms with Crippen molar-refractivity contribution >= 4 is 27.5 Å². The van der Waals surface area contributed by atoms with Crippen LogP contribution in [0.3, 0.4) is 0 Å². The molecule has 0 spiro atoms. The van der Waals surface area contributed by atoms with E-state index in [1.54, 1.807) is 0 Å². The van der Waals surface area contributed by atoms with Crippen molar-refractivity contribution in [1.82, 2.24) is 24.5 Å². The number of para-hydroxylation sites is 1. The van der Waals surface area contributed by atoms with Gasteiger partial charge in [-0.25, -0.2) is 24.8 Å². The van der Waals surface area contributed by atoms with Crippen LogP contribution in [0.15, 0.2) is 237 Å². The zero-order valence-electron chi connectivity index (χ0n) is 38.1. The molecule has 0 bridgehead atoms. The molecule has 12 aromatic rings. The van der Waals surface area contributed by atoms with Crippen molar-refractivity contribution in [2.75, 3.05) is 0 Å². The van der Waals surface area contributed by atoms with E-state index in [-0.39, 0.29) is 0 Å². The molecule has 0 N–H and O–H groups in total. The van der Waals surface area contributed by atoms with Gasteiger partial charge >= 0.3 is 0 Å². The first kappa shape index (κ1) is 42.3. The molecule has 3 aromatic heterocycles.